The molecular weight excluding hydrogens is 471 g/mol. The molecule has 0 saturated heterocycles. The van der Waals surface area contributed by atoms with Gasteiger partial charge in [-0.3, -0.25) is 14.6 Å². The number of halogens is 1. The van der Waals surface area contributed by atoms with Crippen molar-refractivity contribution >= 4 is 21.8 Å². The summed E-state index contributed by atoms with van der Waals surface area (Å²) in [5.41, 5.74) is 1.91. The summed E-state index contributed by atoms with van der Waals surface area (Å²) in [6, 6.07) is 16.8. The normalized spacial score (nSPS) is 12.2. The third kappa shape index (κ3) is 7.43. The highest BCUT2D eigenvalue weighted by Gasteiger charge is 2.32. The Kier molecular flexibility index (Phi) is 8.67. The molecule has 1 aromatic heterocycles. The van der Waals surface area contributed by atoms with Crippen LogP contribution in [0.25, 0.3) is 0 Å². The Hall–Kier alpha value is -3.63. The van der Waals surface area contributed by atoms with Gasteiger partial charge in [0.1, 0.15) is 11.9 Å². The van der Waals surface area contributed by atoms with Crippen molar-refractivity contribution in [3.63, 3.8) is 0 Å². The topological polar surface area (TPSA) is 99.7 Å². The number of rotatable bonds is 10. The fourth-order valence-corrected chi connectivity index (χ4v) is 3.75. The lowest BCUT2D eigenvalue weighted by molar-refractivity contribution is -0.141. The average Bonchev–Trinajstić information content (AvgIpc) is 2.84. The number of amides is 2. The van der Waals surface area contributed by atoms with Crippen LogP contribution < -0.4 is 5.32 Å². The highest BCUT2D eigenvalue weighted by molar-refractivity contribution is 7.88. The maximum absolute atomic E-state index is 13.5. The molecule has 0 fully saturated rings. The van der Waals surface area contributed by atoms with E-state index in [1.807, 2.05) is 6.07 Å². The quantitative estimate of drug-likeness (QED) is 0.463. The average molecular weight is 499 g/mol. The number of carbonyl (C=O) groups excluding carboxylic acids is 2. The van der Waals surface area contributed by atoms with E-state index in [0.717, 1.165) is 16.1 Å². The van der Waals surface area contributed by atoms with Gasteiger partial charge in [-0.1, -0.05) is 48.5 Å². The van der Waals surface area contributed by atoms with E-state index >= 15 is 0 Å². The minimum absolute atomic E-state index is 0.0312. The van der Waals surface area contributed by atoms with Crippen LogP contribution in [-0.4, -0.2) is 54.3 Å². The largest absolute Gasteiger partial charge is 0.350 e. The van der Waals surface area contributed by atoms with Crippen LogP contribution in [0.4, 0.5) is 4.39 Å². The molecule has 0 saturated carbocycles. The molecule has 8 nitrogen and oxygen atoms in total. The van der Waals surface area contributed by atoms with Crippen molar-refractivity contribution in [3.05, 3.63) is 102 Å². The van der Waals surface area contributed by atoms with Crippen LogP contribution in [0.2, 0.25) is 0 Å². The van der Waals surface area contributed by atoms with Gasteiger partial charge in [0.15, 0.2) is 0 Å². The molecule has 0 radical (unpaired) electrons. The van der Waals surface area contributed by atoms with E-state index < -0.39 is 40.2 Å². The van der Waals surface area contributed by atoms with E-state index in [1.165, 1.54) is 36.2 Å². The van der Waals surface area contributed by atoms with Crippen LogP contribution in [0, 0.1) is 5.82 Å². The van der Waals surface area contributed by atoms with Gasteiger partial charge in [0.25, 0.3) is 0 Å². The Morgan fingerprint density at radius 2 is 1.69 bits per heavy atom. The zero-order chi connectivity index (χ0) is 25.4. The maximum atomic E-state index is 13.5. The molecule has 3 rings (SSSR count). The number of nitrogens with zero attached hydrogens (tertiary/aromatic N) is 3. The lowest BCUT2D eigenvalue weighted by Gasteiger charge is -2.32. The molecule has 10 heteroatoms. The van der Waals surface area contributed by atoms with Crippen molar-refractivity contribution in [1.29, 1.82) is 0 Å². The fourth-order valence-electron chi connectivity index (χ4n) is 3.41. The third-order valence-electron chi connectivity index (χ3n) is 5.38. The van der Waals surface area contributed by atoms with Crippen molar-refractivity contribution in [3.8, 4) is 0 Å². The van der Waals surface area contributed by atoms with Crippen molar-refractivity contribution in [2.75, 3.05) is 19.8 Å². The highest BCUT2D eigenvalue weighted by Crippen LogP contribution is 2.24. The zero-order valence-corrected chi connectivity index (χ0v) is 20.3. The third-order valence-corrected chi connectivity index (χ3v) is 6.64. The molecule has 0 unspecified atom stereocenters. The van der Waals surface area contributed by atoms with Crippen molar-refractivity contribution in [1.82, 2.24) is 19.5 Å². The van der Waals surface area contributed by atoms with Crippen LogP contribution in [0.5, 0.6) is 0 Å². The monoisotopic (exact) mass is 498 g/mol. The minimum atomic E-state index is -3.64. The van der Waals surface area contributed by atoms with E-state index in [1.54, 1.807) is 48.8 Å². The molecule has 0 aliphatic heterocycles. The molecule has 0 bridgehead atoms. The first-order valence-electron chi connectivity index (χ1n) is 10.8. The Morgan fingerprint density at radius 3 is 2.29 bits per heavy atom. The predicted octanol–water partition coefficient (Wildman–Crippen LogP) is 2.50. The zero-order valence-electron chi connectivity index (χ0n) is 19.5. The molecule has 35 heavy (non-hydrogen) atoms. The molecule has 184 valence electrons. The fraction of sp³-hybridized carbons (Fsp3) is 0.240. The molecule has 0 spiro atoms. The first-order chi connectivity index (χ1) is 16.6. The summed E-state index contributed by atoms with van der Waals surface area (Å²) in [4.78, 5) is 32.2. The van der Waals surface area contributed by atoms with Gasteiger partial charge in [0, 0.05) is 32.5 Å². The summed E-state index contributed by atoms with van der Waals surface area (Å²) in [6.45, 7) is -0.298. The lowest BCUT2D eigenvalue weighted by atomic mass is 10.0. The van der Waals surface area contributed by atoms with Crippen LogP contribution in [0.15, 0.2) is 79.1 Å². The Morgan fingerprint density at radius 1 is 1.00 bits per heavy atom. The second-order valence-corrected chi connectivity index (χ2v) is 10.1. The molecule has 1 atom stereocenters. The number of aromatic nitrogens is 1. The summed E-state index contributed by atoms with van der Waals surface area (Å²) < 4.78 is 38.3. The number of carbonyl (C=O) groups is 2. The molecule has 1 N–H and O–H groups in total. The van der Waals surface area contributed by atoms with Gasteiger partial charge in [-0.2, -0.15) is 4.31 Å². The van der Waals surface area contributed by atoms with Crippen molar-refractivity contribution < 1.29 is 22.4 Å². The Bertz CT molecular complexity index is 1240. The number of hydrogen-bond acceptors (Lipinski definition) is 5. The van der Waals surface area contributed by atoms with E-state index in [9.17, 15) is 22.4 Å². The number of sulfonamides is 1. The van der Waals surface area contributed by atoms with Gasteiger partial charge in [-0.25, -0.2) is 12.8 Å². The number of benzene rings is 2. The van der Waals surface area contributed by atoms with Gasteiger partial charge in [0.05, 0.1) is 12.8 Å². The number of hydrogen-bond donors (Lipinski definition) is 1. The van der Waals surface area contributed by atoms with Crippen LogP contribution in [0.1, 0.15) is 22.7 Å². The summed E-state index contributed by atoms with van der Waals surface area (Å²) >= 11 is 0. The van der Waals surface area contributed by atoms with Gasteiger partial charge >= 0.3 is 0 Å². The summed E-state index contributed by atoms with van der Waals surface area (Å²) in [6.07, 6.45) is 4.25. The molecule has 2 aromatic carbocycles. The highest BCUT2D eigenvalue weighted by atomic mass is 32.2. The number of likely N-dealkylation sites (N-methyl/N-ethyl adjacent to an activating group) is 1. The van der Waals surface area contributed by atoms with E-state index in [2.05, 4.69) is 10.3 Å². The Balaban J connectivity index is 1.97. The standard InChI is InChI=1S/C25H27FN4O4S/c1-29(35(2,33)34)18-23(31)30(17-19-10-12-22(26)13-11-19)24(21-8-4-3-5-9-21)25(32)28-16-20-7-6-14-27-15-20/h3-15,24H,16-18H2,1-2H3,(H,28,32)/t24-/m1/s1. The second kappa shape index (κ2) is 11.7. The van der Waals surface area contributed by atoms with E-state index in [4.69, 9.17) is 0 Å². The molecule has 2 amide bonds. The predicted molar refractivity (Wildman–Crippen MR) is 130 cm³/mol. The van der Waals surface area contributed by atoms with Gasteiger partial charge < -0.3 is 10.2 Å². The first kappa shape index (κ1) is 26.0. The molecule has 1 heterocycles. The second-order valence-electron chi connectivity index (χ2n) is 8.06. The van der Waals surface area contributed by atoms with E-state index in [-0.39, 0.29) is 13.1 Å². The van der Waals surface area contributed by atoms with Crippen molar-refractivity contribution in [2.45, 2.75) is 19.1 Å². The molecule has 0 aliphatic carbocycles. The summed E-state index contributed by atoms with van der Waals surface area (Å²) in [5, 5.41) is 2.85. The summed E-state index contributed by atoms with van der Waals surface area (Å²) in [5.74, 6) is -1.46. The summed E-state index contributed by atoms with van der Waals surface area (Å²) in [7, 11) is -2.34. The smallest absolute Gasteiger partial charge is 0.247 e. The molecule has 3 aromatic rings. The minimum Gasteiger partial charge on any atom is -0.350 e. The number of nitrogens with one attached hydrogen (secondary N) is 1. The first-order valence-corrected chi connectivity index (χ1v) is 12.7. The van der Waals surface area contributed by atoms with Crippen molar-refractivity contribution in [2.24, 2.45) is 0 Å². The van der Waals surface area contributed by atoms with Crippen LogP contribution in [-0.2, 0) is 32.7 Å². The van der Waals surface area contributed by atoms with Crippen LogP contribution in [0.3, 0.4) is 0 Å². The molecular formula is C25H27FN4O4S. The van der Waals surface area contributed by atoms with E-state index in [0.29, 0.717) is 11.1 Å². The van der Waals surface area contributed by atoms with Gasteiger partial charge in [-0.15, -0.1) is 0 Å². The number of pyridine rings is 1. The maximum Gasteiger partial charge on any atom is 0.247 e. The van der Waals surface area contributed by atoms with Gasteiger partial charge in [-0.05, 0) is 34.9 Å². The lowest BCUT2D eigenvalue weighted by Crippen LogP contribution is -2.47. The SMILES string of the molecule is CN(CC(=O)N(Cc1ccc(F)cc1)[C@@H](C(=O)NCc1cccnc1)c1ccccc1)S(C)(=O)=O. The Labute approximate surface area is 204 Å². The van der Waals surface area contributed by atoms with Gasteiger partial charge in [0.2, 0.25) is 21.8 Å². The molecule has 0 aliphatic rings. The van der Waals surface area contributed by atoms with Crippen LogP contribution >= 0.6 is 0 Å².